The molecule has 1 aromatic heterocycles. The maximum Gasteiger partial charge on any atom is 0.340 e. The van der Waals surface area contributed by atoms with E-state index in [0.717, 1.165) is 0 Å². The topological polar surface area (TPSA) is 132 Å². The molecule has 0 saturated heterocycles. The van der Waals surface area contributed by atoms with Gasteiger partial charge in [0.15, 0.2) is 12.2 Å². The number of aliphatic hydroxyl groups is 2. The Labute approximate surface area is 244 Å². The average molecular weight is 574 g/mol. The normalized spacial score (nSPS) is 35.7. The lowest BCUT2D eigenvalue weighted by molar-refractivity contribution is -0.287. The fraction of sp³-hybridized carbons (Fsp3) is 0.394. The molecule has 5 rings (SSSR count). The molecule has 1 aliphatic heterocycles. The second kappa shape index (κ2) is 10.6. The second-order valence-electron chi connectivity index (χ2n) is 12.0. The van der Waals surface area contributed by atoms with Crippen LogP contribution >= 0.6 is 0 Å². The Morgan fingerprint density at radius 1 is 0.976 bits per heavy atom. The van der Waals surface area contributed by atoms with Gasteiger partial charge in [0.05, 0.1) is 16.7 Å². The molecular formula is C33H35NO8. The first-order valence-corrected chi connectivity index (χ1v) is 13.9. The molecule has 220 valence electrons. The van der Waals surface area contributed by atoms with E-state index >= 15 is 0 Å². The van der Waals surface area contributed by atoms with Gasteiger partial charge in [-0.2, -0.15) is 0 Å². The van der Waals surface area contributed by atoms with Gasteiger partial charge in [0.1, 0.15) is 12.2 Å². The van der Waals surface area contributed by atoms with Crippen LogP contribution in [0.3, 0.4) is 0 Å². The van der Waals surface area contributed by atoms with Gasteiger partial charge in [0, 0.05) is 29.3 Å². The molecule has 42 heavy (non-hydrogen) atoms. The SMILES string of the molecule is C[C@@]12[C@@H](OC(=O)c3cccnc3)[C@H](OC(=O)c3ccccc3)[C@](C)(O)[C@@](C)(/C=C/C3=CC(=O)OC3)[C@H]1CC=C[C@]2(C)O. The molecule has 2 heterocycles. The standard InChI is InChI=1S/C33H35NO8/c1-30(16-14-21-18-25(35)40-20-21)24-13-8-15-31(2,38)32(24,3)26(41-29(37)23-12-9-17-34-19-23)27(33(30,4)39)42-28(36)22-10-6-5-7-11-22/h5-12,14-19,24,26-27,38-39H,13,20H2,1-4H3/b16-14+/t24-,26+,27+,30+,31+,32+,33+/m1/s1. The second-order valence-corrected chi connectivity index (χ2v) is 12.0. The number of carbonyl (C=O) groups is 3. The molecule has 1 saturated carbocycles. The highest BCUT2D eigenvalue weighted by molar-refractivity contribution is 5.90. The molecule has 0 amide bonds. The quantitative estimate of drug-likeness (QED) is 0.299. The number of allylic oxidation sites excluding steroid dienone is 1. The summed E-state index contributed by atoms with van der Waals surface area (Å²) in [5.41, 5.74) is -4.78. The van der Waals surface area contributed by atoms with Crippen LogP contribution in [-0.4, -0.2) is 63.1 Å². The van der Waals surface area contributed by atoms with Crippen molar-refractivity contribution in [2.24, 2.45) is 16.7 Å². The maximum atomic E-state index is 13.5. The number of ether oxygens (including phenoxy) is 3. The number of aromatic nitrogens is 1. The lowest BCUT2D eigenvalue weighted by Gasteiger charge is -2.66. The summed E-state index contributed by atoms with van der Waals surface area (Å²) in [7, 11) is 0. The van der Waals surface area contributed by atoms with E-state index in [-0.39, 0.29) is 17.7 Å². The van der Waals surface area contributed by atoms with Crippen LogP contribution in [0.5, 0.6) is 0 Å². The van der Waals surface area contributed by atoms with Crippen LogP contribution in [0, 0.1) is 16.7 Å². The first-order chi connectivity index (χ1) is 19.8. The third kappa shape index (κ3) is 4.76. The van der Waals surface area contributed by atoms with Gasteiger partial charge in [-0.3, -0.25) is 4.98 Å². The summed E-state index contributed by atoms with van der Waals surface area (Å²) in [6.07, 6.45) is 8.96. The predicted molar refractivity (Wildman–Crippen MR) is 152 cm³/mol. The molecule has 1 fully saturated rings. The molecule has 9 nitrogen and oxygen atoms in total. The van der Waals surface area contributed by atoms with Crippen molar-refractivity contribution in [2.45, 2.75) is 57.5 Å². The molecule has 2 aliphatic carbocycles. The molecule has 0 spiro atoms. The fourth-order valence-electron chi connectivity index (χ4n) is 6.67. The van der Waals surface area contributed by atoms with E-state index in [1.807, 2.05) is 13.0 Å². The Bertz CT molecular complexity index is 1460. The van der Waals surface area contributed by atoms with E-state index in [0.29, 0.717) is 12.0 Å². The number of hydrogen-bond acceptors (Lipinski definition) is 9. The molecular weight excluding hydrogens is 538 g/mol. The van der Waals surface area contributed by atoms with Crippen LogP contribution in [0.15, 0.2) is 90.8 Å². The van der Waals surface area contributed by atoms with Gasteiger partial charge < -0.3 is 24.4 Å². The number of nitrogens with zero attached hydrogens (tertiary/aromatic N) is 1. The number of rotatable bonds is 6. The summed E-state index contributed by atoms with van der Waals surface area (Å²) >= 11 is 0. The maximum absolute atomic E-state index is 13.5. The number of benzene rings is 1. The number of esters is 3. The Balaban J connectivity index is 1.67. The van der Waals surface area contributed by atoms with Crippen LogP contribution in [0.4, 0.5) is 0 Å². The van der Waals surface area contributed by atoms with Gasteiger partial charge in [0.2, 0.25) is 0 Å². The summed E-state index contributed by atoms with van der Waals surface area (Å²) in [5.74, 6) is -2.44. The van der Waals surface area contributed by atoms with Crippen LogP contribution in [-0.2, 0) is 19.0 Å². The van der Waals surface area contributed by atoms with Gasteiger partial charge >= 0.3 is 17.9 Å². The van der Waals surface area contributed by atoms with Crippen molar-refractivity contribution in [3.8, 4) is 0 Å². The van der Waals surface area contributed by atoms with Crippen molar-refractivity contribution < 1.29 is 38.8 Å². The summed E-state index contributed by atoms with van der Waals surface area (Å²) in [6.45, 7) is 6.86. The van der Waals surface area contributed by atoms with E-state index in [1.165, 1.54) is 18.5 Å². The zero-order chi connectivity index (χ0) is 30.3. The molecule has 2 N–H and O–H groups in total. The number of carbonyl (C=O) groups excluding carboxylic acids is 3. The van der Waals surface area contributed by atoms with E-state index in [1.54, 1.807) is 81.5 Å². The van der Waals surface area contributed by atoms with Gasteiger partial charge in [-0.1, -0.05) is 56.4 Å². The Morgan fingerprint density at radius 2 is 1.64 bits per heavy atom. The number of fused-ring (bicyclic) bond motifs is 1. The minimum Gasteiger partial charge on any atom is -0.458 e. The minimum atomic E-state index is -1.83. The van der Waals surface area contributed by atoms with Crippen molar-refractivity contribution in [1.29, 1.82) is 0 Å². The largest absolute Gasteiger partial charge is 0.458 e. The molecule has 9 heteroatoms. The summed E-state index contributed by atoms with van der Waals surface area (Å²) in [4.78, 5) is 42.7. The molecule has 3 aliphatic rings. The molecule has 1 aromatic carbocycles. The minimum absolute atomic E-state index is 0.0882. The van der Waals surface area contributed by atoms with Crippen LogP contribution in [0.25, 0.3) is 0 Å². The summed E-state index contributed by atoms with van der Waals surface area (Å²) < 4.78 is 17.3. The Hall–Kier alpha value is -4.08. The highest BCUT2D eigenvalue weighted by Gasteiger charge is 2.73. The van der Waals surface area contributed by atoms with Crippen molar-refractivity contribution in [3.05, 3.63) is 102 Å². The van der Waals surface area contributed by atoms with Crippen molar-refractivity contribution >= 4 is 17.9 Å². The van der Waals surface area contributed by atoms with E-state index in [4.69, 9.17) is 14.2 Å². The summed E-state index contributed by atoms with van der Waals surface area (Å²) in [5, 5.41) is 24.5. The Kier molecular flexibility index (Phi) is 7.45. The van der Waals surface area contributed by atoms with Gasteiger partial charge in [-0.15, -0.1) is 0 Å². The highest BCUT2D eigenvalue weighted by atomic mass is 16.6. The van der Waals surface area contributed by atoms with Crippen molar-refractivity contribution in [3.63, 3.8) is 0 Å². The zero-order valence-corrected chi connectivity index (χ0v) is 24.0. The van der Waals surface area contributed by atoms with Gasteiger partial charge in [0.25, 0.3) is 0 Å². The van der Waals surface area contributed by atoms with Crippen molar-refractivity contribution in [1.82, 2.24) is 4.98 Å². The third-order valence-corrected chi connectivity index (χ3v) is 9.57. The number of hydrogen-bond donors (Lipinski definition) is 2. The molecule has 7 atom stereocenters. The van der Waals surface area contributed by atoms with E-state index in [9.17, 15) is 24.6 Å². The molecule has 2 aromatic rings. The molecule has 0 unspecified atom stereocenters. The average Bonchev–Trinajstić information content (AvgIpc) is 3.39. The third-order valence-electron chi connectivity index (χ3n) is 9.57. The van der Waals surface area contributed by atoms with Crippen LogP contribution in [0.1, 0.15) is 54.8 Å². The lowest BCUT2D eigenvalue weighted by atomic mass is 9.42. The number of cyclic esters (lactones) is 1. The van der Waals surface area contributed by atoms with E-state index < -0.39 is 58.1 Å². The van der Waals surface area contributed by atoms with E-state index in [2.05, 4.69) is 4.98 Å². The fourth-order valence-corrected chi connectivity index (χ4v) is 6.67. The predicted octanol–water partition coefficient (Wildman–Crippen LogP) is 3.98. The monoisotopic (exact) mass is 573 g/mol. The molecule has 0 radical (unpaired) electrons. The molecule has 0 bridgehead atoms. The first kappa shape index (κ1) is 29.4. The van der Waals surface area contributed by atoms with Crippen LogP contribution in [0.2, 0.25) is 0 Å². The van der Waals surface area contributed by atoms with Crippen LogP contribution < -0.4 is 0 Å². The Morgan fingerprint density at radius 3 is 2.29 bits per heavy atom. The lowest BCUT2D eigenvalue weighted by Crippen LogP contribution is -2.76. The zero-order valence-electron chi connectivity index (χ0n) is 24.0. The summed E-state index contributed by atoms with van der Waals surface area (Å²) in [6, 6.07) is 11.5. The highest BCUT2D eigenvalue weighted by Crippen LogP contribution is 2.64. The smallest absolute Gasteiger partial charge is 0.340 e. The van der Waals surface area contributed by atoms with Crippen molar-refractivity contribution in [2.75, 3.05) is 6.61 Å². The first-order valence-electron chi connectivity index (χ1n) is 13.9. The number of pyridine rings is 1. The van der Waals surface area contributed by atoms with Gasteiger partial charge in [-0.05, 0) is 56.0 Å². The van der Waals surface area contributed by atoms with Gasteiger partial charge in [-0.25, -0.2) is 14.4 Å².